The second kappa shape index (κ2) is 13.4. The number of ether oxygens (including phenoxy) is 3. The molecule has 2 heterocycles. The maximum atomic E-state index is 12.8. The van der Waals surface area contributed by atoms with Gasteiger partial charge in [-0.25, -0.2) is 0 Å². The summed E-state index contributed by atoms with van der Waals surface area (Å²) in [5, 5.41) is 3.87. The number of hydrogen-bond acceptors (Lipinski definition) is 8. The van der Waals surface area contributed by atoms with Gasteiger partial charge in [-0.2, -0.15) is 0 Å². The van der Waals surface area contributed by atoms with E-state index in [4.69, 9.17) is 25.8 Å². The number of halogens is 2. The molecule has 12 heteroatoms. The Kier molecular flexibility index (Phi) is 10.9. The van der Waals surface area contributed by atoms with Crippen molar-refractivity contribution in [1.82, 2.24) is 14.9 Å². The lowest BCUT2D eigenvalue weighted by Crippen LogP contribution is -2.46. The Morgan fingerprint density at radius 3 is 2.71 bits per heavy atom. The molecule has 1 aromatic heterocycles. The SMILES string of the molecule is C=C/C(=C\C(I)N1CCNCC1)Oc1sc([S+](=O)([O-])NCCc2ccc(OC)c(OC)c2)cc1Cl. The number of sulfonamides is 1. The van der Waals surface area contributed by atoms with Gasteiger partial charge in [-0.3, -0.25) is 4.90 Å². The Hall–Kier alpha value is -1.19. The number of alkyl halides is 1. The van der Waals surface area contributed by atoms with Crippen molar-refractivity contribution in [3.63, 3.8) is 0 Å². The molecule has 0 saturated carbocycles. The molecule has 0 spiro atoms. The lowest BCUT2D eigenvalue weighted by molar-refractivity contribution is 0.253. The summed E-state index contributed by atoms with van der Waals surface area (Å²) in [6.45, 7) is 7.78. The minimum atomic E-state index is -3.76. The third-order valence-corrected chi connectivity index (χ3v) is 9.75. The Morgan fingerprint density at radius 1 is 1.34 bits per heavy atom. The number of nitrogens with zero attached hydrogens (tertiary/aromatic N) is 1. The number of methoxy groups -OCH3 is 2. The zero-order valence-corrected chi connectivity index (χ0v) is 24.1. The predicted octanol–water partition coefficient (Wildman–Crippen LogP) is 4.27. The molecule has 2 N–H and O–H groups in total. The third-order valence-electron chi connectivity index (χ3n) is 5.27. The van der Waals surface area contributed by atoms with E-state index in [1.807, 2.05) is 18.2 Å². The maximum Gasteiger partial charge on any atom is 0.234 e. The second-order valence-electron chi connectivity index (χ2n) is 7.57. The molecule has 192 valence electrons. The summed E-state index contributed by atoms with van der Waals surface area (Å²) in [6.07, 6.45) is 4.03. The lowest BCUT2D eigenvalue weighted by atomic mass is 10.1. The summed E-state index contributed by atoms with van der Waals surface area (Å²) in [4.78, 5) is 2.32. The highest BCUT2D eigenvalue weighted by Crippen LogP contribution is 2.39. The largest absolute Gasteiger partial charge is 0.592 e. The molecule has 3 rings (SSSR count). The Bertz CT molecular complexity index is 1090. The van der Waals surface area contributed by atoms with Crippen LogP contribution in [0.5, 0.6) is 16.6 Å². The van der Waals surface area contributed by atoms with Gasteiger partial charge in [-0.1, -0.05) is 51.0 Å². The minimum absolute atomic E-state index is 0.0846. The summed E-state index contributed by atoms with van der Waals surface area (Å²) in [5.41, 5.74) is 0.914. The molecule has 1 aliphatic rings. The maximum absolute atomic E-state index is 12.8. The van der Waals surface area contributed by atoms with E-state index in [0.717, 1.165) is 43.1 Å². The third kappa shape index (κ3) is 7.89. The van der Waals surface area contributed by atoms with Gasteiger partial charge in [0.25, 0.3) is 0 Å². The molecule has 1 fully saturated rings. The molecule has 2 atom stereocenters. The minimum Gasteiger partial charge on any atom is -0.592 e. The summed E-state index contributed by atoms with van der Waals surface area (Å²) >= 11 is 9.63. The van der Waals surface area contributed by atoms with Crippen LogP contribution in [0.1, 0.15) is 5.56 Å². The van der Waals surface area contributed by atoms with E-state index in [9.17, 15) is 8.76 Å². The number of nitrogens with one attached hydrogen (secondary N) is 2. The van der Waals surface area contributed by atoms with E-state index in [-0.39, 0.29) is 19.8 Å². The number of hydrogen-bond donors (Lipinski definition) is 2. The summed E-state index contributed by atoms with van der Waals surface area (Å²) < 4.78 is 45.0. The molecule has 0 radical (unpaired) electrons. The van der Waals surface area contributed by atoms with Gasteiger partial charge >= 0.3 is 0 Å². The quantitative estimate of drug-likeness (QED) is 0.0883. The van der Waals surface area contributed by atoms with E-state index >= 15 is 0 Å². The van der Waals surface area contributed by atoms with Crippen LogP contribution in [-0.2, 0) is 21.0 Å². The van der Waals surface area contributed by atoms with Gasteiger partial charge < -0.3 is 24.1 Å². The van der Waals surface area contributed by atoms with Crippen LogP contribution in [0.15, 0.2) is 53.0 Å². The topological polar surface area (TPSA) is 95.1 Å². The average Bonchev–Trinajstić information content (AvgIpc) is 3.24. The molecule has 0 amide bonds. The number of allylic oxidation sites excluding steroid dienone is 1. The van der Waals surface area contributed by atoms with Gasteiger partial charge in [-0.05, 0) is 47.6 Å². The molecule has 2 unspecified atom stereocenters. The van der Waals surface area contributed by atoms with Gasteiger partial charge in [-0.15, -0.1) is 4.72 Å². The van der Waals surface area contributed by atoms with Crippen molar-refractivity contribution < 1.29 is 23.0 Å². The molecule has 0 bridgehead atoms. The monoisotopic (exact) mass is 653 g/mol. The van der Waals surface area contributed by atoms with Crippen molar-refractivity contribution in [1.29, 1.82) is 0 Å². The van der Waals surface area contributed by atoms with Crippen LogP contribution in [0, 0.1) is 0 Å². The van der Waals surface area contributed by atoms with E-state index < -0.39 is 10.4 Å². The number of benzene rings is 1. The molecular formula is C23H29ClIN3O5S2. The van der Waals surface area contributed by atoms with Crippen LogP contribution in [0.3, 0.4) is 0 Å². The van der Waals surface area contributed by atoms with Crippen molar-refractivity contribution in [2.75, 3.05) is 46.9 Å². The van der Waals surface area contributed by atoms with Crippen molar-refractivity contribution >= 4 is 55.9 Å². The first-order valence-electron chi connectivity index (χ1n) is 10.9. The van der Waals surface area contributed by atoms with Crippen LogP contribution in [0.25, 0.3) is 0 Å². The van der Waals surface area contributed by atoms with E-state index in [0.29, 0.717) is 28.7 Å². The Morgan fingerprint density at radius 2 is 2.06 bits per heavy atom. The van der Waals surface area contributed by atoms with Crippen LogP contribution >= 0.6 is 45.5 Å². The zero-order chi connectivity index (χ0) is 25.4. The summed E-state index contributed by atoms with van der Waals surface area (Å²) in [5.74, 6) is 1.74. The fourth-order valence-electron chi connectivity index (χ4n) is 3.39. The normalized spacial score (nSPS) is 17.5. The van der Waals surface area contributed by atoms with Crippen molar-refractivity contribution in [3.05, 3.63) is 59.3 Å². The first-order chi connectivity index (χ1) is 16.8. The fraction of sp³-hybridized carbons (Fsp3) is 0.391. The van der Waals surface area contributed by atoms with Crippen LogP contribution in [0.4, 0.5) is 0 Å². The second-order valence-corrected chi connectivity index (χ2v) is 12.3. The highest BCUT2D eigenvalue weighted by Gasteiger charge is 2.26. The molecule has 8 nitrogen and oxygen atoms in total. The smallest absolute Gasteiger partial charge is 0.234 e. The van der Waals surface area contributed by atoms with Crippen molar-refractivity contribution in [2.24, 2.45) is 0 Å². The summed E-state index contributed by atoms with van der Waals surface area (Å²) in [7, 11) is -0.633. The highest BCUT2D eigenvalue weighted by atomic mass is 127. The molecule has 1 aromatic carbocycles. The molecular weight excluding hydrogens is 625 g/mol. The Balaban J connectivity index is 1.63. The van der Waals surface area contributed by atoms with Gasteiger partial charge in [0, 0.05) is 38.8 Å². The highest BCUT2D eigenvalue weighted by molar-refractivity contribution is 14.1. The van der Waals surface area contributed by atoms with Crippen molar-refractivity contribution in [3.8, 4) is 16.6 Å². The molecule has 2 aromatic rings. The first-order valence-corrected chi connectivity index (χ1v) is 14.8. The standard InChI is InChI=1S/C23H29ClIN3O5S2/c1-4-17(14-21(25)28-11-9-26-10-12-28)33-23-18(24)15-22(34-23)35(29,30)27-8-7-16-5-6-19(31-2)20(13-16)32-3/h4-6,13-15,21,26H,1,7-12H2,2-3H3,(H-,27,29,30)/b17-14+. The van der Waals surface area contributed by atoms with Crippen LogP contribution in [0.2, 0.25) is 5.02 Å². The van der Waals surface area contributed by atoms with E-state index in [1.54, 1.807) is 26.4 Å². The Labute approximate surface area is 230 Å². The molecule has 35 heavy (non-hydrogen) atoms. The van der Waals surface area contributed by atoms with Gasteiger partial charge in [0.15, 0.2) is 21.9 Å². The van der Waals surface area contributed by atoms with E-state index in [1.165, 1.54) is 6.07 Å². The number of piperazine rings is 1. The first kappa shape index (κ1) is 28.4. The molecule has 1 aliphatic heterocycles. The lowest BCUT2D eigenvalue weighted by Gasteiger charge is -2.30. The van der Waals surface area contributed by atoms with Crippen LogP contribution < -0.4 is 24.2 Å². The zero-order valence-electron chi connectivity index (χ0n) is 19.6. The predicted molar refractivity (Wildman–Crippen MR) is 149 cm³/mol. The molecule has 1 saturated heterocycles. The van der Waals surface area contributed by atoms with Gasteiger partial charge in [0.05, 0.1) is 23.3 Å². The number of thiophene rings is 1. The van der Waals surface area contributed by atoms with Gasteiger partial charge in [0.2, 0.25) is 9.27 Å². The van der Waals surface area contributed by atoms with Crippen molar-refractivity contribution in [2.45, 2.75) is 14.7 Å². The number of rotatable bonds is 12. The van der Waals surface area contributed by atoms with Gasteiger partial charge in [0.1, 0.15) is 5.76 Å². The molecule has 0 aliphatic carbocycles. The fourth-order valence-corrected chi connectivity index (χ4v) is 6.98. The average molecular weight is 654 g/mol. The van der Waals surface area contributed by atoms with E-state index in [2.05, 4.69) is 44.1 Å². The summed E-state index contributed by atoms with van der Waals surface area (Å²) in [6, 6.07) is 6.88. The van der Waals surface area contributed by atoms with Crippen LogP contribution in [-0.4, -0.2) is 60.4 Å².